The van der Waals surface area contributed by atoms with Gasteiger partial charge < -0.3 is 10.4 Å². The molecule has 2 N–H and O–H groups in total. The fourth-order valence-electron chi connectivity index (χ4n) is 1.69. The topological polar surface area (TPSA) is 92.9 Å². The maximum absolute atomic E-state index is 10.4. The van der Waals surface area contributed by atoms with Crippen LogP contribution in [0, 0.1) is 13.8 Å². The van der Waals surface area contributed by atoms with Gasteiger partial charge in [0.05, 0.1) is 12.1 Å². The minimum absolute atomic E-state index is 0.0425. The number of rotatable bonds is 5. The van der Waals surface area contributed by atoms with E-state index in [0.717, 1.165) is 11.4 Å². The molecule has 7 heteroatoms. The molecule has 19 heavy (non-hydrogen) atoms. The number of hydrogen-bond donors (Lipinski definition) is 2. The van der Waals surface area contributed by atoms with Gasteiger partial charge in [-0.25, -0.2) is 4.68 Å². The average Bonchev–Trinajstić information content (AvgIpc) is 2.69. The van der Waals surface area contributed by atoms with Crippen LogP contribution in [0.15, 0.2) is 18.2 Å². The molecule has 0 saturated carbocycles. The predicted molar refractivity (Wildman–Crippen MR) is 69.4 cm³/mol. The molecular weight excluding hydrogens is 246 g/mol. The van der Waals surface area contributed by atoms with Crippen LogP contribution < -0.4 is 5.32 Å². The first-order chi connectivity index (χ1) is 9.06. The number of aromatic nitrogens is 4. The Hall–Kier alpha value is -2.44. The van der Waals surface area contributed by atoms with Crippen molar-refractivity contribution in [2.45, 2.75) is 20.3 Å². The lowest BCUT2D eigenvalue weighted by molar-refractivity contribution is -0.136. The molecule has 2 heterocycles. The van der Waals surface area contributed by atoms with Gasteiger partial charge in [0.15, 0.2) is 5.82 Å². The normalized spacial score (nSPS) is 10.4. The molecule has 100 valence electrons. The summed E-state index contributed by atoms with van der Waals surface area (Å²) in [6.07, 6.45) is 0.0425. The second-order valence-corrected chi connectivity index (χ2v) is 4.19. The Labute approximate surface area is 110 Å². The van der Waals surface area contributed by atoms with E-state index < -0.39 is 5.97 Å². The maximum Gasteiger partial charge on any atom is 0.305 e. The molecule has 0 aliphatic heterocycles. The maximum atomic E-state index is 10.4. The smallest absolute Gasteiger partial charge is 0.305 e. The van der Waals surface area contributed by atoms with Crippen LogP contribution in [-0.2, 0) is 4.79 Å². The van der Waals surface area contributed by atoms with Crippen LogP contribution in [0.2, 0.25) is 0 Å². The molecule has 0 radical (unpaired) electrons. The van der Waals surface area contributed by atoms with Crippen LogP contribution >= 0.6 is 0 Å². The van der Waals surface area contributed by atoms with Crippen LogP contribution in [0.3, 0.4) is 0 Å². The van der Waals surface area contributed by atoms with Crippen LogP contribution in [-0.4, -0.2) is 37.6 Å². The highest BCUT2D eigenvalue weighted by molar-refractivity contribution is 5.67. The SMILES string of the molecule is Cc1cc(C)n(-c2ccc(NCCC(=O)O)nn2)n1. The van der Waals surface area contributed by atoms with Crippen molar-refractivity contribution in [1.82, 2.24) is 20.0 Å². The summed E-state index contributed by atoms with van der Waals surface area (Å²) in [5.74, 6) is 0.334. The molecule has 0 bridgehead atoms. The Morgan fingerprint density at radius 1 is 1.37 bits per heavy atom. The van der Waals surface area contributed by atoms with Gasteiger partial charge in [0, 0.05) is 12.2 Å². The standard InChI is InChI=1S/C12H15N5O2/c1-8-7-9(2)17(16-8)11-4-3-10(14-15-11)13-6-5-12(18)19/h3-4,7H,5-6H2,1-2H3,(H,13,14)(H,18,19). The Morgan fingerprint density at radius 2 is 2.16 bits per heavy atom. The summed E-state index contributed by atoms with van der Waals surface area (Å²) in [5, 5.41) is 23.8. The zero-order valence-corrected chi connectivity index (χ0v) is 10.8. The van der Waals surface area contributed by atoms with Crippen molar-refractivity contribution in [1.29, 1.82) is 0 Å². The van der Waals surface area contributed by atoms with E-state index in [1.165, 1.54) is 0 Å². The highest BCUT2D eigenvalue weighted by Crippen LogP contribution is 2.10. The van der Waals surface area contributed by atoms with Gasteiger partial charge in [-0.05, 0) is 32.0 Å². The highest BCUT2D eigenvalue weighted by atomic mass is 16.4. The molecule has 0 amide bonds. The number of aryl methyl sites for hydroxylation is 2. The number of nitrogens with zero attached hydrogens (tertiary/aromatic N) is 4. The number of anilines is 1. The average molecular weight is 261 g/mol. The number of nitrogens with one attached hydrogen (secondary N) is 1. The summed E-state index contributed by atoms with van der Waals surface area (Å²) >= 11 is 0. The van der Waals surface area contributed by atoms with E-state index in [2.05, 4.69) is 20.6 Å². The van der Waals surface area contributed by atoms with Gasteiger partial charge in [-0.3, -0.25) is 4.79 Å². The molecular formula is C12H15N5O2. The first-order valence-electron chi connectivity index (χ1n) is 5.89. The van der Waals surface area contributed by atoms with Gasteiger partial charge in [0.25, 0.3) is 0 Å². The van der Waals surface area contributed by atoms with Gasteiger partial charge in [0.1, 0.15) is 5.82 Å². The molecule has 0 saturated heterocycles. The molecule has 0 aliphatic rings. The minimum atomic E-state index is -0.847. The van der Waals surface area contributed by atoms with Crippen molar-refractivity contribution in [2.24, 2.45) is 0 Å². The predicted octanol–water partition coefficient (Wildman–Crippen LogP) is 1.17. The lowest BCUT2D eigenvalue weighted by atomic mass is 10.4. The number of carboxylic acid groups (broad SMARTS) is 1. The summed E-state index contributed by atoms with van der Waals surface area (Å²) in [6, 6.07) is 5.50. The molecule has 0 aliphatic carbocycles. The lowest BCUT2D eigenvalue weighted by Gasteiger charge is -2.05. The number of carboxylic acids is 1. The van der Waals surface area contributed by atoms with E-state index in [4.69, 9.17) is 5.11 Å². The monoisotopic (exact) mass is 261 g/mol. The molecule has 0 spiro atoms. The minimum Gasteiger partial charge on any atom is -0.481 e. The van der Waals surface area contributed by atoms with E-state index in [1.54, 1.807) is 16.8 Å². The van der Waals surface area contributed by atoms with E-state index in [1.807, 2.05) is 19.9 Å². The van der Waals surface area contributed by atoms with Gasteiger partial charge >= 0.3 is 5.97 Å². The molecule has 2 aromatic heterocycles. The Morgan fingerprint density at radius 3 is 2.68 bits per heavy atom. The zero-order valence-electron chi connectivity index (χ0n) is 10.8. The van der Waals surface area contributed by atoms with Crippen molar-refractivity contribution in [3.8, 4) is 5.82 Å². The van der Waals surface area contributed by atoms with Crippen LogP contribution in [0.5, 0.6) is 0 Å². The second kappa shape index (κ2) is 5.47. The van der Waals surface area contributed by atoms with E-state index in [-0.39, 0.29) is 6.42 Å². The fourth-order valence-corrected chi connectivity index (χ4v) is 1.69. The molecule has 0 aromatic carbocycles. The van der Waals surface area contributed by atoms with Gasteiger partial charge in [-0.15, -0.1) is 10.2 Å². The van der Waals surface area contributed by atoms with Gasteiger partial charge in [0.2, 0.25) is 0 Å². The van der Waals surface area contributed by atoms with Crippen molar-refractivity contribution < 1.29 is 9.90 Å². The highest BCUT2D eigenvalue weighted by Gasteiger charge is 2.05. The van der Waals surface area contributed by atoms with Crippen LogP contribution in [0.1, 0.15) is 17.8 Å². The van der Waals surface area contributed by atoms with Crippen LogP contribution in [0.4, 0.5) is 5.82 Å². The van der Waals surface area contributed by atoms with Gasteiger partial charge in [-0.1, -0.05) is 0 Å². The summed E-state index contributed by atoms with van der Waals surface area (Å²) in [4.78, 5) is 10.4. The summed E-state index contributed by atoms with van der Waals surface area (Å²) in [6.45, 7) is 4.18. The molecule has 2 aromatic rings. The Bertz CT molecular complexity index is 576. The third kappa shape index (κ3) is 3.27. The number of carbonyl (C=O) groups is 1. The fraction of sp³-hybridized carbons (Fsp3) is 0.333. The molecule has 7 nitrogen and oxygen atoms in total. The van der Waals surface area contributed by atoms with E-state index in [0.29, 0.717) is 18.2 Å². The molecule has 0 unspecified atom stereocenters. The molecule has 0 fully saturated rings. The van der Waals surface area contributed by atoms with Crippen molar-refractivity contribution in [3.63, 3.8) is 0 Å². The van der Waals surface area contributed by atoms with Crippen molar-refractivity contribution in [3.05, 3.63) is 29.6 Å². The van der Waals surface area contributed by atoms with E-state index in [9.17, 15) is 4.79 Å². The summed E-state index contributed by atoms with van der Waals surface area (Å²) in [5.41, 5.74) is 1.90. The molecule has 2 rings (SSSR count). The third-order valence-electron chi connectivity index (χ3n) is 2.52. The lowest BCUT2D eigenvalue weighted by Crippen LogP contribution is -2.10. The third-order valence-corrected chi connectivity index (χ3v) is 2.52. The number of aliphatic carboxylic acids is 1. The second-order valence-electron chi connectivity index (χ2n) is 4.19. The van der Waals surface area contributed by atoms with Gasteiger partial charge in [-0.2, -0.15) is 5.10 Å². The first-order valence-corrected chi connectivity index (χ1v) is 5.89. The quantitative estimate of drug-likeness (QED) is 0.839. The van der Waals surface area contributed by atoms with Crippen molar-refractivity contribution >= 4 is 11.8 Å². The summed E-state index contributed by atoms with van der Waals surface area (Å²) < 4.78 is 1.71. The largest absolute Gasteiger partial charge is 0.481 e. The van der Waals surface area contributed by atoms with Crippen molar-refractivity contribution in [2.75, 3.05) is 11.9 Å². The Kier molecular flexibility index (Phi) is 3.74. The zero-order chi connectivity index (χ0) is 13.8. The number of hydrogen-bond acceptors (Lipinski definition) is 5. The van der Waals surface area contributed by atoms with E-state index >= 15 is 0 Å². The van der Waals surface area contributed by atoms with Crippen LogP contribution in [0.25, 0.3) is 5.82 Å². The summed E-state index contributed by atoms with van der Waals surface area (Å²) in [7, 11) is 0. The first kappa shape index (κ1) is 13.0. The Balaban J connectivity index is 2.06. The molecule has 0 atom stereocenters.